The number of amides is 1. The maximum atomic E-state index is 12.4. The molecule has 1 aromatic carbocycles. The summed E-state index contributed by atoms with van der Waals surface area (Å²) in [6.07, 6.45) is 4.88. The van der Waals surface area contributed by atoms with E-state index in [0.717, 1.165) is 17.0 Å². The van der Waals surface area contributed by atoms with Gasteiger partial charge in [-0.25, -0.2) is 5.43 Å². The van der Waals surface area contributed by atoms with E-state index >= 15 is 0 Å². The van der Waals surface area contributed by atoms with Crippen LogP contribution in [0, 0.1) is 17.3 Å². The van der Waals surface area contributed by atoms with E-state index in [-0.39, 0.29) is 17.2 Å². The highest BCUT2D eigenvalue weighted by molar-refractivity contribution is 5.99. The van der Waals surface area contributed by atoms with E-state index in [9.17, 15) is 4.79 Å². The predicted molar refractivity (Wildman–Crippen MR) is 86.9 cm³/mol. The molecule has 1 aromatic rings. The Morgan fingerprint density at radius 3 is 2.64 bits per heavy atom. The zero-order valence-corrected chi connectivity index (χ0v) is 13.6. The van der Waals surface area contributed by atoms with Crippen molar-refractivity contribution < 1.29 is 9.53 Å². The van der Waals surface area contributed by atoms with Crippen molar-refractivity contribution in [2.45, 2.75) is 39.5 Å². The Hall–Kier alpha value is -1.84. The number of fused-ring (bicyclic) bond motifs is 1. The lowest BCUT2D eigenvalue weighted by atomic mass is 9.90. The van der Waals surface area contributed by atoms with Crippen molar-refractivity contribution in [3.63, 3.8) is 0 Å². The van der Waals surface area contributed by atoms with Crippen LogP contribution >= 0.6 is 0 Å². The minimum absolute atomic E-state index is 0.0854. The van der Waals surface area contributed by atoms with Gasteiger partial charge in [0.05, 0.1) is 12.8 Å². The molecule has 0 heterocycles. The number of carbonyl (C=O) groups is 1. The lowest BCUT2D eigenvalue weighted by molar-refractivity contribution is -0.123. The molecular formula is C18H24N2O2. The summed E-state index contributed by atoms with van der Waals surface area (Å²) in [6.45, 7) is 4.16. The van der Waals surface area contributed by atoms with Crippen molar-refractivity contribution in [3.05, 3.63) is 29.8 Å². The van der Waals surface area contributed by atoms with Gasteiger partial charge >= 0.3 is 0 Å². The number of hydrogen-bond donors (Lipinski definition) is 1. The third-order valence-corrected chi connectivity index (χ3v) is 5.46. The molecule has 22 heavy (non-hydrogen) atoms. The van der Waals surface area contributed by atoms with Gasteiger partial charge in [-0.1, -0.05) is 19.8 Å². The highest BCUT2D eigenvalue weighted by Gasteiger charge is 2.64. The molecule has 1 N–H and O–H groups in total. The molecule has 0 aromatic heterocycles. The average Bonchev–Trinajstić information content (AvgIpc) is 3.18. The van der Waals surface area contributed by atoms with Crippen LogP contribution in [0.2, 0.25) is 0 Å². The van der Waals surface area contributed by atoms with Crippen molar-refractivity contribution in [3.8, 4) is 5.75 Å². The minimum atomic E-state index is 0.0854. The summed E-state index contributed by atoms with van der Waals surface area (Å²) in [4.78, 5) is 12.4. The summed E-state index contributed by atoms with van der Waals surface area (Å²) in [5.41, 5.74) is 4.80. The summed E-state index contributed by atoms with van der Waals surface area (Å²) in [6, 6.07) is 7.68. The molecule has 2 saturated carbocycles. The van der Waals surface area contributed by atoms with Crippen LogP contribution in [0.3, 0.4) is 0 Å². The Labute approximate surface area is 131 Å². The number of ether oxygens (including phenoxy) is 1. The highest BCUT2D eigenvalue weighted by Crippen LogP contribution is 2.66. The first-order chi connectivity index (χ1) is 10.6. The van der Waals surface area contributed by atoms with Gasteiger partial charge in [-0.15, -0.1) is 0 Å². The Morgan fingerprint density at radius 2 is 2.05 bits per heavy atom. The number of carbonyl (C=O) groups excluding carboxylic acids is 1. The molecule has 0 saturated heterocycles. The van der Waals surface area contributed by atoms with Gasteiger partial charge in [0.25, 0.3) is 0 Å². The van der Waals surface area contributed by atoms with Crippen molar-refractivity contribution in [1.29, 1.82) is 0 Å². The standard InChI is InChI=1S/C18H24N2O2/c1-12(13-7-9-14(22-3)10-8-13)19-20-17(21)16-15-6-4-5-11-18(15,16)2/h7-10,15-16H,4-6,11H2,1-3H3,(H,20,21)/b19-12-/t15-,16-,18+/m1/s1. The van der Waals surface area contributed by atoms with Crippen LogP contribution in [-0.4, -0.2) is 18.7 Å². The SMILES string of the molecule is COc1ccc(/C(C)=N\NC(=O)[C@H]2[C@H]3CCCC[C@@]32C)cc1. The van der Waals surface area contributed by atoms with Gasteiger partial charge in [0.2, 0.25) is 5.91 Å². The Morgan fingerprint density at radius 1 is 1.32 bits per heavy atom. The topological polar surface area (TPSA) is 50.7 Å². The fraction of sp³-hybridized carbons (Fsp3) is 0.556. The van der Waals surface area contributed by atoms with Gasteiger partial charge in [-0.2, -0.15) is 5.10 Å². The Kier molecular flexibility index (Phi) is 3.94. The molecule has 0 radical (unpaired) electrons. The number of benzene rings is 1. The molecule has 2 aliphatic rings. The zero-order chi connectivity index (χ0) is 15.7. The second-order valence-electron chi connectivity index (χ2n) is 6.74. The summed E-state index contributed by atoms with van der Waals surface area (Å²) in [7, 11) is 1.64. The van der Waals surface area contributed by atoms with Crippen LogP contribution in [0.15, 0.2) is 29.4 Å². The van der Waals surface area contributed by atoms with Crippen molar-refractivity contribution >= 4 is 11.6 Å². The Bertz CT molecular complexity index is 594. The predicted octanol–water partition coefficient (Wildman–Crippen LogP) is 3.36. The second-order valence-corrected chi connectivity index (χ2v) is 6.74. The number of hydrogen-bond acceptors (Lipinski definition) is 3. The number of methoxy groups -OCH3 is 1. The molecule has 0 unspecified atom stereocenters. The number of rotatable bonds is 4. The molecule has 4 nitrogen and oxygen atoms in total. The smallest absolute Gasteiger partial charge is 0.244 e. The summed E-state index contributed by atoms with van der Waals surface area (Å²) in [5, 5.41) is 4.28. The first kappa shape index (κ1) is 15.1. The first-order valence-electron chi connectivity index (χ1n) is 8.05. The molecule has 2 fully saturated rings. The lowest BCUT2D eigenvalue weighted by Gasteiger charge is -2.15. The van der Waals surface area contributed by atoms with E-state index in [1.165, 1.54) is 25.7 Å². The first-order valence-corrected chi connectivity index (χ1v) is 8.05. The molecule has 118 valence electrons. The van der Waals surface area contributed by atoms with Gasteiger partial charge in [0, 0.05) is 5.92 Å². The van der Waals surface area contributed by atoms with Gasteiger partial charge in [0.15, 0.2) is 0 Å². The van der Waals surface area contributed by atoms with E-state index in [1.54, 1.807) is 7.11 Å². The zero-order valence-electron chi connectivity index (χ0n) is 13.6. The highest BCUT2D eigenvalue weighted by atomic mass is 16.5. The summed E-state index contributed by atoms with van der Waals surface area (Å²) in [5.74, 6) is 1.62. The van der Waals surface area contributed by atoms with Crippen LogP contribution < -0.4 is 10.2 Å². The summed E-state index contributed by atoms with van der Waals surface area (Å²) >= 11 is 0. The van der Waals surface area contributed by atoms with E-state index in [1.807, 2.05) is 31.2 Å². The molecule has 3 atom stereocenters. The largest absolute Gasteiger partial charge is 0.497 e. The number of nitrogens with zero attached hydrogens (tertiary/aromatic N) is 1. The normalized spacial score (nSPS) is 30.4. The fourth-order valence-electron chi connectivity index (χ4n) is 3.96. The fourth-order valence-corrected chi connectivity index (χ4v) is 3.96. The maximum Gasteiger partial charge on any atom is 0.244 e. The quantitative estimate of drug-likeness (QED) is 0.684. The van der Waals surface area contributed by atoms with E-state index < -0.39 is 0 Å². The molecule has 2 aliphatic carbocycles. The van der Waals surface area contributed by atoms with Crippen LogP contribution in [0.5, 0.6) is 5.75 Å². The van der Waals surface area contributed by atoms with Crippen LogP contribution in [0.1, 0.15) is 45.1 Å². The van der Waals surface area contributed by atoms with Gasteiger partial charge in [0.1, 0.15) is 5.75 Å². The van der Waals surface area contributed by atoms with E-state index in [2.05, 4.69) is 17.5 Å². The van der Waals surface area contributed by atoms with Crippen LogP contribution in [0.4, 0.5) is 0 Å². The Balaban J connectivity index is 1.62. The van der Waals surface area contributed by atoms with Crippen molar-refractivity contribution in [1.82, 2.24) is 5.43 Å². The van der Waals surface area contributed by atoms with Gasteiger partial charge < -0.3 is 4.74 Å². The molecule has 3 rings (SSSR count). The molecular weight excluding hydrogens is 276 g/mol. The molecule has 0 aliphatic heterocycles. The molecule has 4 heteroatoms. The minimum Gasteiger partial charge on any atom is -0.497 e. The monoisotopic (exact) mass is 300 g/mol. The van der Waals surface area contributed by atoms with Gasteiger partial charge in [-0.05, 0) is 60.9 Å². The summed E-state index contributed by atoms with van der Waals surface area (Å²) < 4.78 is 5.14. The van der Waals surface area contributed by atoms with Crippen LogP contribution in [0.25, 0.3) is 0 Å². The molecule has 1 amide bonds. The van der Waals surface area contributed by atoms with E-state index in [0.29, 0.717) is 5.92 Å². The molecule has 0 spiro atoms. The maximum absolute atomic E-state index is 12.4. The molecule has 0 bridgehead atoms. The number of nitrogens with one attached hydrogen (secondary N) is 1. The van der Waals surface area contributed by atoms with Gasteiger partial charge in [-0.3, -0.25) is 4.79 Å². The van der Waals surface area contributed by atoms with Crippen molar-refractivity contribution in [2.75, 3.05) is 7.11 Å². The third-order valence-electron chi connectivity index (χ3n) is 5.46. The van der Waals surface area contributed by atoms with Crippen LogP contribution in [-0.2, 0) is 4.79 Å². The lowest BCUT2D eigenvalue weighted by Crippen LogP contribution is -2.23. The second kappa shape index (κ2) is 5.75. The third kappa shape index (κ3) is 2.62. The van der Waals surface area contributed by atoms with E-state index in [4.69, 9.17) is 4.74 Å². The van der Waals surface area contributed by atoms with Crippen molar-refractivity contribution in [2.24, 2.45) is 22.4 Å². The average molecular weight is 300 g/mol. The number of hydrazone groups is 1.